The molecular formula is C20H24N2O2. The quantitative estimate of drug-likeness (QED) is 0.722. The van der Waals surface area contributed by atoms with Crippen molar-refractivity contribution < 1.29 is 9.47 Å². The normalized spacial score (nSPS) is 12.3. The maximum Gasteiger partial charge on any atom is 0.161 e. The van der Waals surface area contributed by atoms with E-state index < -0.39 is 0 Å². The molecule has 1 heterocycles. The van der Waals surface area contributed by atoms with Crippen molar-refractivity contribution in [3.8, 4) is 11.5 Å². The lowest BCUT2D eigenvalue weighted by molar-refractivity contribution is 0.281. The van der Waals surface area contributed by atoms with Crippen LogP contribution in [0.5, 0.6) is 11.5 Å². The van der Waals surface area contributed by atoms with E-state index in [0.29, 0.717) is 6.61 Å². The van der Waals surface area contributed by atoms with Crippen molar-refractivity contribution in [1.29, 1.82) is 0 Å². The fourth-order valence-corrected chi connectivity index (χ4v) is 3.01. The van der Waals surface area contributed by atoms with Crippen LogP contribution in [0.2, 0.25) is 0 Å². The van der Waals surface area contributed by atoms with Crippen LogP contribution < -0.4 is 15.2 Å². The monoisotopic (exact) mass is 324 g/mol. The summed E-state index contributed by atoms with van der Waals surface area (Å²) in [4.78, 5) is 0. The minimum atomic E-state index is 0.147. The highest BCUT2D eigenvalue weighted by molar-refractivity contribution is 5.84. The summed E-state index contributed by atoms with van der Waals surface area (Å²) >= 11 is 0. The van der Waals surface area contributed by atoms with E-state index in [0.717, 1.165) is 24.5 Å². The summed E-state index contributed by atoms with van der Waals surface area (Å²) in [6.45, 7) is 3.39. The van der Waals surface area contributed by atoms with Crippen LogP contribution in [-0.2, 0) is 13.0 Å². The topological polar surface area (TPSA) is 49.4 Å². The van der Waals surface area contributed by atoms with Gasteiger partial charge in [-0.3, -0.25) is 0 Å². The number of ether oxygens (including phenoxy) is 2. The predicted molar refractivity (Wildman–Crippen MR) is 97.8 cm³/mol. The lowest BCUT2D eigenvalue weighted by atomic mass is 10.1. The van der Waals surface area contributed by atoms with Gasteiger partial charge in [0, 0.05) is 23.1 Å². The van der Waals surface area contributed by atoms with E-state index in [2.05, 4.69) is 35.0 Å². The van der Waals surface area contributed by atoms with Crippen molar-refractivity contribution in [1.82, 2.24) is 4.57 Å². The summed E-state index contributed by atoms with van der Waals surface area (Å²) in [6, 6.07) is 16.3. The summed E-state index contributed by atoms with van der Waals surface area (Å²) in [5.74, 6) is 1.53. The van der Waals surface area contributed by atoms with Gasteiger partial charge in [-0.2, -0.15) is 0 Å². The molecule has 0 saturated carbocycles. The van der Waals surface area contributed by atoms with Gasteiger partial charge in [-0.05, 0) is 37.1 Å². The Bertz CT molecular complexity index is 808. The first-order valence-electron chi connectivity index (χ1n) is 8.27. The van der Waals surface area contributed by atoms with Crippen molar-refractivity contribution in [2.45, 2.75) is 25.9 Å². The zero-order valence-corrected chi connectivity index (χ0v) is 14.2. The van der Waals surface area contributed by atoms with Crippen LogP contribution in [0.15, 0.2) is 54.7 Å². The van der Waals surface area contributed by atoms with Gasteiger partial charge in [0.2, 0.25) is 0 Å². The van der Waals surface area contributed by atoms with Crippen LogP contribution in [0.4, 0.5) is 0 Å². The smallest absolute Gasteiger partial charge is 0.161 e. The van der Waals surface area contributed by atoms with Gasteiger partial charge in [0.25, 0.3) is 0 Å². The second-order valence-corrected chi connectivity index (χ2v) is 6.05. The molecule has 0 saturated heterocycles. The average Bonchev–Trinajstić information content (AvgIpc) is 2.93. The number of aromatic nitrogens is 1. The molecule has 3 aromatic rings. The molecule has 0 amide bonds. The van der Waals surface area contributed by atoms with Gasteiger partial charge in [0.05, 0.1) is 13.7 Å². The Labute approximate surface area is 142 Å². The Kier molecular flexibility index (Phi) is 5.06. The summed E-state index contributed by atoms with van der Waals surface area (Å²) in [6.07, 6.45) is 3.07. The molecule has 0 bridgehead atoms. The molecule has 0 aliphatic heterocycles. The van der Waals surface area contributed by atoms with Crippen LogP contribution >= 0.6 is 0 Å². The molecule has 2 aromatic carbocycles. The molecule has 1 atom stereocenters. The van der Waals surface area contributed by atoms with Gasteiger partial charge in [0.1, 0.15) is 6.61 Å². The summed E-state index contributed by atoms with van der Waals surface area (Å²) in [5.41, 5.74) is 8.49. The number of rotatable bonds is 7. The Balaban J connectivity index is 1.75. The maximum absolute atomic E-state index is 5.98. The lowest BCUT2D eigenvalue weighted by Gasteiger charge is -2.11. The number of benzene rings is 2. The highest BCUT2D eigenvalue weighted by Crippen LogP contribution is 2.26. The van der Waals surface area contributed by atoms with E-state index in [4.69, 9.17) is 15.2 Å². The molecule has 3 rings (SSSR count). The molecule has 0 aliphatic rings. The van der Waals surface area contributed by atoms with E-state index in [1.807, 2.05) is 31.2 Å². The fraction of sp³-hybridized carbons (Fsp3) is 0.300. The molecule has 0 fully saturated rings. The molecule has 2 N–H and O–H groups in total. The number of hydrogen-bond acceptors (Lipinski definition) is 3. The Morgan fingerprint density at radius 1 is 1.04 bits per heavy atom. The van der Waals surface area contributed by atoms with Crippen molar-refractivity contribution in [2.24, 2.45) is 5.73 Å². The molecule has 1 aromatic heterocycles. The van der Waals surface area contributed by atoms with E-state index in [1.54, 1.807) is 7.11 Å². The maximum atomic E-state index is 5.98. The molecule has 24 heavy (non-hydrogen) atoms. The van der Waals surface area contributed by atoms with Gasteiger partial charge in [-0.1, -0.05) is 30.3 Å². The lowest BCUT2D eigenvalue weighted by Crippen LogP contribution is -2.17. The molecule has 0 aliphatic carbocycles. The number of nitrogens with zero attached hydrogens (tertiary/aromatic N) is 1. The third-order valence-electron chi connectivity index (χ3n) is 4.07. The molecule has 4 nitrogen and oxygen atoms in total. The van der Waals surface area contributed by atoms with Crippen LogP contribution in [0, 0.1) is 0 Å². The molecule has 4 heteroatoms. The van der Waals surface area contributed by atoms with E-state index in [-0.39, 0.29) is 6.04 Å². The molecule has 126 valence electrons. The van der Waals surface area contributed by atoms with Crippen LogP contribution in [0.25, 0.3) is 10.9 Å². The SMILES string of the molecule is COc1ccccc1OCCn1cc(CC(C)N)c2ccccc21. The van der Waals surface area contributed by atoms with Crippen molar-refractivity contribution in [2.75, 3.05) is 13.7 Å². The minimum Gasteiger partial charge on any atom is -0.493 e. The van der Waals surface area contributed by atoms with Crippen molar-refractivity contribution in [3.05, 3.63) is 60.3 Å². The van der Waals surface area contributed by atoms with E-state index in [9.17, 15) is 0 Å². The highest BCUT2D eigenvalue weighted by atomic mass is 16.5. The number of methoxy groups -OCH3 is 1. The van der Waals surface area contributed by atoms with Gasteiger partial charge < -0.3 is 19.8 Å². The van der Waals surface area contributed by atoms with Crippen molar-refractivity contribution >= 4 is 10.9 Å². The third kappa shape index (κ3) is 3.54. The highest BCUT2D eigenvalue weighted by Gasteiger charge is 2.10. The van der Waals surface area contributed by atoms with Crippen LogP contribution in [-0.4, -0.2) is 24.3 Å². The number of para-hydroxylation sites is 3. The van der Waals surface area contributed by atoms with E-state index >= 15 is 0 Å². The Morgan fingerprint density at radius 2 is 1.75 bits per heavy atom. The van der Waals surface area contributed by atoms with Crippen LogP contribution in [0.1, 0.15) is 12.5 Å². The molecule has 1 unspecified atom stereocenters. The Hall–Kier alpha value is -2.46. The van der Waals surface area contributed by atoms with Gasteiger partial charge in [-0.25, -0.2) is 0 Å². The summed E-state index contributed by atoms with van der Waals surface area (Å²) < 4.78 is 13.5. The average molecular weight is 324 g/mol. The number of nitrogens with two attached hydrogens (primary N) is 1. The molecule has 0 radical (unpaired) electrons. The second kappa shape index (κ2) is 7.41. The molecular weight excluding hydrogens is 300 g/mol. The second-order valence-electron chi connectivity index (χ2n) is 6.05. The largest absolute Gasteiger partial charge is 0.493 e. The molecule has 0 spiro atoms. The standard InChI is InChI=1S/C20H24N2O2/c1-15(21)13-16-14-22(18-8-4-3-7-17(16)18)11-12-24-20-10-6-5-9-19(20)23-2/h3-10,14-15H,11-13,21H2,1-2H3. The summed E-state index contributed by atoms with van der Waals surface area (Å²) in [5, 5.41) is 1.27. The fourth-order valence-electron chi connectivity index (χ4n) is 3.01. The van der Waals surface area contributed by atoms with Gasteiger partial charge in [0.15, 0.2) is 11.5 Å². The van der Waals surface area contributed by atoms with Crippen molar-refractivity contribution in [3.63, 3.8) is 0 Å². The summed E-state index contributed by atoms with van der Waals surface area (Å²) in [7, 11) is 1.65. The van der Waals surface area contributed by atoms with E-state index in [1.165, 1.54) is 16.5 Å². The van der Waals surface area contributed by atoms with Gasteiger partial charge in [-0.15, -0.1) is 0 Å². The van der Waals surface area contributed by atoms with Gasteiger partial charge >= 0.3 is 0 Å². The van der Waals surface area contributed by atoms with Crippen LogP contribution in [0.3, 0.4) is 0 Å². The first kappa shape index (κ1) is 16.4. The third-order valence-corrected chi connectivity index (χ3v) is 4.07. The minimum absolute atomic E-state index is 0.147. The predicted octanol–water partition coefficient (Wildman–Crippen LogP) is 3.62. The zero-order valence-electron chi connectivity index (χ0n) is 14.2. The zero-order chi connectivity index (χ0) is 16.9. The number of hydrogen-bond donors (Lipinski definition) is 1. The number of fused-ring (bicyclic) bond motifs is 1. The first-order chi connectivity index (χ1) is 11.7. The first-order valence-corrected chi connectivity index (χ1v) is 8.27. The Morgan fingerprint density at radius 3 is 2.50 bits per heavy atom.